The summed E-state index contributed by atoms with van der Waals surface area (Å²) in [4.78, 5) is 32.1. The summed E-state index contributed by atoms with van der Waals surface area (Å²) in [6.45, 7) is 2.52. The topological polar surface area (TPSA) is 103 Å². The number of phenols is 1. The molecule has 9 heteroatoms. The van der Waals surface area contributed by atoms with E-state index in [2.05, 4.69) is 9.88 Å². The maximum atomic E-state index is 13.0. The number of carbonyl (C=O) groups is 1. The Bertz CT molecular complexity index is 1300. The van der Waals surface area contributed by atoms with Crippen LogP contribution in [-0.2, 0) is 24.3 Å². The van der Waals surface area contributed by atoms with Gasteiger partial charge in [0.05, 0.1) is 19.9 Å². The van der Waals surface area contributed by atoms with Crippen molar-refractivity contribution in [3.05, 3.63) is 87.6 Å². The Balaban J connectivity index is 1.51. The number of benzene rings is 1. The Hall–Kier alpha value is -4.11. The molecule has 0 saturated heterocycles. The van der Waals surface area contributed by atoms with Crippen LogP contribution < -0.4 is 15.0 Å². The maximum Gasteiger partial charge on any atom is 0.343 e. The summed E-state index contributed by atoms with van der Waals surface area (Å²) in [5.41, 5.74) is 2.26. The highest BCUT2D eigenvalue weighted by molar-refractivity contribution is 5.93. The van der Waals surface area contributed by atoms with E-state index in [4.69, 9.17) is 14.2 Å². The number of methoxy groups -OCH3 is 2. The zero-order valence-electron chi connectivity index (χ0n) is 20.3. The number of ether oxygens (including phenoxy) is 3. The van der Waals surface area contributed by atoms with Gasteiger partial charge in [-0.15, -0.1) is 0 Å². The maximum absolute atomic E-state index is 13.0. The molecule has 0 radical (unpaired) electrons. The number of aromatic hydroxyl groups is 1. The monoisotopic (exact) mass is 491 g/mol. The first-order valence-corrected chi connectivity index (χ1v) is 11.6. The van der Waals surface area contributed by atoms with Crippen molar-refractivity contribution in [2.45, 2.75) is 19.6 Å². The zero-order chi connectivity index (χ0) is 25.5. The molecule has 0 aliphatic carbocycles. The molecular formula is C27H29N3O6. The van der Waals surface area contributed by atoms with E-state index >= 15 is 0 Å². The lowest BCUT2D eigenvalue weighted by molar-refractivity contribution is 0.0592. The summed E-state index contributed by atoms with van der Waals surface area (Å²) in [5, 5.41) is 9.76. The summed E-state index contributed by atoms with van der Waals surface area (Å²) in [6, 6.07) is 12.0. The van der Waals surface area contributed by atoms with Crippen molar-refractivity contribution in [1.82, 2.24) is 14.5 Å². The highest BCUT2D eigenvalue weighted by Gasteiger charge is 2.26. The second-order valence-corrected chi connectivity index (χ2v) is 8.31. The molecule has 4 rings (SSSR count). The van der Waals surface area contributed by atoms with Crippen LogP contribution in [0.5, 0.6) is 17.2 Å². The average Bonchev–Trinajstić information content (AvgIpc) is 3.12. The third kappa shape index (κ3) is 5.75. The van der Waals surface area contributed by atoms with E-state index in [9.17, 15) is 14.7 Å². The molecular weight excluding hydrogens is 462 g/mol. The fourth-order valence-electron chi connectivity index (χ4n) is 4.18. The normalized spacial score (nSPS) is 13.7. The molecule has 3 aromatic rings. The van der Waals surface area contributed by atoms with E-state index in [1.807, 2.05) is 24.3 Å². The van der Waals surface area contributed by atoms with Crippen LogP contribution in [-0.4, -0.2) is 59.4 Å². The lowest BCUT2D eigenvalue weighted by atomic mass is 10.1. The van der Waals surface area contributed by atoms with Gasteiger partial charge in [0, 0.05) is 50.6 Å². The highest BCUT2D eigenvalue weighted by Crippen LogP contribution is 2.27. The minimum atomic E-state index is -0.538. The van der Waals surface area contributed by atoms with Crippen molar-refractivity contribution in [1.29, 1.82) is 0 Å². The predicted molar refractivity (Wildman–Crippen MR) is 134 cm³/mol. The van der Waals surface area contributed by atoms with E-state index < -0.39 is 5.97 Å². The number of aromatic nitrogens is 2. The van der Waals surface area contributed by atoms with Gasteiger partial charge in [0.2, 0.25) is 0 Å². The summed E-state index contributed by atoms with van der Waals surface area (Å²) in [5.74, 6) is 0.177. The number of hydrogen-bond acceptors (Lipinski definition) is 8. The minimum absolute atomic E-state index is 0.0927. The van der Waals surface area contributed by atoms with Crippen LogP contribution in [0.2, 0.25) is 0 Å². The first-order valence-electron chi connectivity index (χ1n) is 11.6. The van der Waals surface area contributed by atoms with Crippen LogP contribution in [0.4, 0.5) is 0 Å². The minimum Gasteiger partial charge on any atom is -0.504 e. The molecule has 0 saturated carbocycles. The number of phenolic OH excluding ortho intramolecular Hbond substituents is 1. The number of rotatable bonds is 8. The summed E-state index contributed by atoms with van der Waals surface area (Å²) in [7, 11) is 2.83. The molecule has 1 N–H and O–H groups in total. The lowest BCUT2D eigenvalue weighted by Gasteiger charge is -2.17. The number of esters is 1. The Morgan fingerprint density at radius 1 is 1.11 bits per heavy atom. The number of nitrogens with zero attached hydrogens (tertiary/aromatic N) is 3. The smallest absolute Gasteiger partial charge is 0.343 e. The van der Waals surface area contributed by atoms with E-state index in [0.717, 1.165) is 5.56 Å². The molecule has 0 fully saturated rings. The van der Waals surface area contributed by atoms with Gasteiger partial charge in [-0.05, 0) is 29.8 Å². The van der Waals surface area contributed by atoms with Gasteiger partial charge >= 0.3 is 5.97 Å². The molecule has 1 aliphatic rings. The van der Waals surface area contributed by atoms with Crippen molar-refractivity contribution < 1.29 is 24.1 Å². The van der Waals surface area contributed by atoms with E-state index in [1.165, 1.54) is 20.3 Å². The molecule has 2 aromatic heterocycles. The van der Waals surface area contributed by atoms with Crippen LogP contribution in [0.3, 0.4) is 0 Å². The third-order valence-corrected chi connectivity index (χ3v) is 6.05. The number of hydrogen-bond donors (Lipinski definition) is 1. The molecule has 1 aromatic carbocycles. The summed E-state index contributed by atoms with van der Waals surface area (Å²) >= 11 is 0. The van der Waals surface area contributed by atoms with E-state index in [1.54, 1.807) is 35.0 Å². The van der Waals surface area contributed by atoms with Gasteiger partial charge in [-0.1, -0.05) is 24.3 Å². The van der Waals surface area contributed by atoms with Crippen molar-refractivity contribution in [3.63, 3.8) is 0 Å². The van der Waals surface area contributed by atoms with Gasteiger partial charge in [0.25, 0.3) is 5.56 Å². The van der Waals surface area contributed by atoms with Gasteiger partial charge in [-0.25, -0.2) is 4.79 Å². The molecule has 0 unspecified atom stereocenters. The second-order valence-electron chi connectivity index (χ2n) is 8.31. The summed E-state index contributed by atoms with van der Waals surface area (Å²) in [6.07, 6.45) is 6.12. The van der Waals surface area contributed by atoms with Crippen LogP contribution in [0, 0.1) is 0 Å². The number of pyridine rings is 2. The van der Waals surface area contributed by atoms with Gasteiger partial charge in [0.1, 0.15) is 17.9 Å². The Morgan fingerprint density at radius 2 is 1.97 bits per heavy atom. The Labute approximate surface area is 209 Å². The number of fused-ring (bicyclic) bond motifs is 1. The molecule has 0 bridgehead atoms. The standard InChI is InChI=1S/C27H29N3O6/c1-34-23-16-19(8-9-22(23)31)6-5-12-29-13-10-21-26(27(33)35-2)24(17-25(32)30(21)15-14-29)36-18-20-7-3-4-11-28-20/h3-9,11,16-17,31H,10,12-15,18H2,1-2H3/b6-5+. The van der Waals surface area contributed by atoms with Crippen molar-refractivity contribution >= 4 is 12.0 Å². The molecule has 0 amide bonds. The Morgan fingerprint density at radius 3 is 2.72 bits per heavy atom. The van der Waals surface area contributed by atoms with Crippen molar-refractivity contribution in [2.75, 3.05) is 33.9 Å². The zero-order valence-corrected chi connectivity index (χ0v) is 20.3. The third-order valence-electron chi connectivity index (χ3n) is 6.05. The van der Waals surface area contributed by atoms with E-state index in [0.29, 0.717) is 49.7 Å². The molecule has 0 spiro atoms. The van der Waals surface area contributed by atoms with Crippen LogP contribution in [0.15, 0.2) is 59.5 Å². The van der Waals surface area contributed by atoms with Gasteiger partial charge in [-0.2, -0.15) is 0 Å². The molecule has 36 heavy (non-hydrogen) atoms. The van der Waals surface area contributed by atoms with E-state index in [-0.39, 0.29) is 29.2 Å². The van der Waals surface area contributed by atoms with Crippen LogP contribution in [0.25, 0.3) is 6.08 Å². The number of carbonyl (C=O) groups excluding carboxylic acids is 1. The first kappa shape index (κ1) is 25.0. The molecule has 3 heterocycles. The second kappa shape index (κ2) is 11.5. The molecule has 1 aliphatic heterocycles. The van der Waals surface area contributed by atoms with Crippen molar-refractivity contribution in [3.8, 4) is 17.2 Å². The predicted octanol–water partition coefficient (Wildman–Crippen LogP) is 2.89. The molecule has 0 atom stereocenters. The fourth-order valence-corrected chi connectivity index (χ4v) is 4.18. The van der Waals surface area contributed by atoms with Crippen LogP contribution in [0.1, 0.15) is 27.3 Å². The quantitative estimate of drug-likeness (QED) is 0.480. The van der Waals surface area contributed by atoms with Gasteiger partial charge in [-0.3, -0.25) is 14.7 Å². The molecule has 9 nitrogen and oxygen atoms in total. The fraction of sp³-hybridized carbons (Fsp3) is 0.296. The lowest BCUT2D eigenvalue weighted by Crippen LogP contribution is -2.29. The van der Waals surface area contributed by atoms with Crippen LogP contribution >= 0.6 is 0 Å². The molecule has 188 valence electrons. The highest BCUT2D eigenvalue weighted by atomic mass is 16.5. The summed E-state index contributed by atoms with van der Waals surface area (Å²) < 4.78 is 17.7. The van der Waals surface area contributed by atoms with Gasteiger partial charge < -0.3 is 23.9 Å². The SMILES string of the molecule is COC(=O)c1c(OCc2ccccn2)cc(=O)n2c1CCN(C/C=C/c1ccc(O)c(OC)c1)CC2. The largest absolute Gasteiger partial charge is 0.504 e. The Kier molecular flexibility index (Phi) is 8.02. The average molecular weight is 492 g/mol. The van der Waals surface area contributed by atoms with Crippen molar-refractivity contribution in [2.24, 2.45) is 0 Å². The first-order chi connectivity index (χ1) is 17.5. The van der Waals surface area contributed by atoms with Gasteiger partial charge in [0.15, 0.2) is 11.5 Å².